The van der Waals surface area contributed by atoms with Crippen LogP contribution in [0.2, 0.25) is 0 Å². The Bertz CT molecular complexity index is 356. The van der Waals surface area contributed by atoms with Crippen molar-refractivity contribution in [3.05, 3.63) is 5.69 Å². The van der Waals surface area contributed by atoms with Gasteiger partial charge in [0.2, 0.25) is 0 Å². The molecule has 2 atom stereocenters. The minimum Gasteiger partial charge on any atom is -0.394 e. The second-order valence-electron chi connectivity index (χ2n) is 4.63. The summed E-state index contributed by atoms with van der Waals surface area (Å²) in [5.41, 5.74) is 7.68. The first kappa shape index (κ1) is 10.3. The molecule has 1 fully saturated rings. The summed E-state index contributed by atoms with van der Waals surface area (Å²) in [4.78, 5) is 0. The number of aromatic nitrogens is 2. The first-order chi connectivity index (χ1) is 7.09. The summed E-state index contributed by atoms with van der Waals surface area (Å²) in [7, 11) is 1.94. The maximum absolute atomic E-state index is 5.98. The third kappa shape index (κ3) is 1.80. The number of rotatable bonds is 2. The predicted molar refractivity (Wildman–Crippen MR) is 62.8 cm³/mol. The number of nitrogen functional groups attached to an aromatic ring is 1. The first-order valence-electron chi connectivity index (χ1n) is 5.65. The number of nitrogens with zero attached hydrogens (tertiary/aromatic N) is 2. The average Bonchev–Trinajstić information content (AvgIpc) is 2.67. The van der Waals surface area contributed by atoms with Gasteiger partial charge in [0.1, 0.15) is 5.82 Å². The Kier molecular flexibility index (Phi) is 2.59. The van der Waals surface area contributed by atoms with Crippen molar-refractivity contribution < 1.29 is 0 Å². The number of hydrogen-bond acceptors (Lipinski definition) is 3. The smallest absolute Gasteiger partial charge is 0.147 e. The second kappa shape index (κ2) is 3.76. The molecule has 0 saturated heterocycles. The number of hydrogen-bond donors (Lipinski definition) is 2. The molecule has 1 saturated carbocycles. The van der Waals surface area contributed by atoms with Gasteiger partial charge >= 0.3 is 0 Å². The van der Waals surface area contributed by atoms with Crippen LogP contribution in [0.25, 0.3) is 0 Å². The van der Waals surface area contributed by atoms with Gasteiger partial charge in [-0.1, -0.05) is 13.3 Å². The van der Waals surface area contributed by atoms with Crippen molar-refractivity contribution in [2.24, 2.45) is 13.0 Å². The van der Waals surface area contributed by atoms with Crippen LogP contribution in [0, 0.1) is 12.8 Å². The van der Waals surface area contributed by atoms with E-state index >= 15 is 0 Å². The van der Waals surface area contributed by atoms with Crippen molar-refractivity contribution in [2.45, 2.75) is 39.2 Å². The van der Waals surface area contributed by atoms with Crippen molar-refractivity contribution in [1.82, 2.24) is 9.78 Å². The van der Waals surface area contributed by atoms with E-state index in [4.69, 9.17) is 5.73 Å². The quantitative estimate of drug-likeness (QED) is 0.780. The minimum atomic E-state index is 0.557. The van der Waals surface area contributed by atoms with E-state index in [1.807, 2.05) is 18.7 Å². The van der Waals surface area contributed by atoms with Crippen LogP contribution < -0.4 is 11.1 Å². The summed E-state index contributed by atoms with van der Waals surface area (Å²) in [6.45, 7) is 4.24. The van der Waals surface area contributed by atoms with Gasteiger partial charge in [-0.2, -0.15) is 5.10 Å². The summed E-state index contributed by atoms with van der Waals surface area (Å²) < 4.78 is 1.84. The third-order valence-electron chi connectivity index (χ3n) is 3.45. The van der Waals surface area contributed by atoms with Crippen LogP contribution in [0.5, 0.6) is 0 Å². The molecule has 1 aromatic heterocycles. The number of aryl methyl sites for hydroxylation is 2. The Labute approximate surface area is 90.8 Å². The summed E-state index contributed by atoms with van der Waals surface area (Å²) in [6, 6.07) is 0.557. The van der Waals surface area contributed by atoms with Crippen LogP contribution in [0.15, 0.2) is 0 Å². The zero-order valence-corrected chi connectivity index (χ0v) is 9.75. The van der Waals surface area contributed by atoms with Crippen LogP contribution >= 0.6 is 0 Å². The van der Waals surface area contributed by atoms with Crippen molar-refractivity contribution in [3.63, 3.8) is 0 Å². The predicted octanol–water partition coefficient (Wildman–Crippen LogP) is 1.91. The van der Waals surface area contributed by atoms with Crippen LogP contribution in [-0.2, 0) is 7.05 Å². The van der Waals surface area contributed by atoms with E-state index < -0.39 is 0 Å². The molecule has 0 spiro atoms. The van der Waals surface area contributed by atoms with Crippen LogP contribution in [0.4, 0.5) is 11.5 Å². The Hall–Kier alpha value is -1.19. The van der Waals surface area contributed by atoms with Crippen molar-refractivity contribution in [2.75, 3.05) is 11.1 Å². The Balaban J connectivity index is 2.16. The lowest BCUT2D eigenvalue weighted by Gasteiger charge is -2.18. The Morgan fingerprint density at radius 1 is 1.47 bits per heavy atom. The maximum Gasteiger partial charge on any atom is 0.147 e. The third-order valence-corrected chi connectivity index (χ3v) is 3.45. The van der Waals surface area contributed by atoms with Crippen molar-refractivity contribution >= 4 is 11.5 Å². The first-order valence-corrected chi connectivity index (χ1v) is 5.65. The van der Waals surface area contributed by atoms with Gasteiger partial charge in [0.25, 0.3) is 0 Å². The molecule has 1 heterocycles. The highest BCUT2D eigenvalue weighted by Gasteiger charge is 2.25. The molecule has 3 N–H and O–H groups in total. The molecule has 0 aliphatic heterocycles. The lowest BCUT2D eigenvalue weighted by atomic mass is 10.1. The van der Waals surface area contributed by atoms with Crippen molar-refractivity contribution in [1.29, 1.82) is 0 Å². The van der Waals surface area contributed by atoms with E-state index in [1.54, 1.807) is 0 Å². The lowest BCUT2D eigenvalue weighted by molar-refractivity contribution is 0.551. The van der Waals surface area contributed by atoms with Gasteiger partial charge in [-0.15, -0.1) is 0 Å². The molecule has 4 nitrogen and oxygen atoms in total. The molecule has 0 bridgehead atoms. The number of anilines is 2. The molecule has 0 amide bonds. The molecule has 1 aliphatic rings. The molecule has 84 valence electrons. The fraction of sp³-hybridized carbons (Fsp3) is 0.727. The van der Waals surface area contributed by atoms with Crippen LogP contribution in [0.1, 0.15) is 31.9 Å². The maximum atomic E-state index is 5.98. The lowest BCUT2D eigenvalue weighted by Crippen LogP contribution is -2.23. The van der Waals surface area contributed by atoms with E-state index in [2.05, 4.69) is 17.3 Å². The molecule has 0 radical (unpaired) electrons. The highest BCUT2D eigenvalue weighted by molar-refractivity contribution is 5.65. The minimum absolute atomic E-state index is 0.557. The van der Waals surface area contributed by atoms with Crippen LogP contribution in [-0.4, -0.2) is 15.8 Å². The van der Waals surface area contributed by atoms with E-state index in [-0.39, 0.29) is 0 Å². The topological polar surface area (TPSA) is 55.9 Å². The number of nitrogens with one attached hydrogen (secondary N) is 1. The van der Waals surface area contributed by atoms with E-state index in [0.717, 1.165) is 23.1 Å². The standard InChI is InChI=1S/C11H20N4/c1-7-5-4-6-9(7)13-11-10(12)8(2)14-15(11)3/h7,9,13H,4-6,12H2,1-3H3. The van der Waals surface area contributed by atoms with Gasteiger partial charge < -0.3 is 11.1 Å². The molecule has 4 heteroatoms. The zero-order valence-electron chi connectivity index (χ0n) is 9.75. The van der Waals surface area contributed by atoms with E-state index in [0.29, 0.717) is 6.04 Å². The van der Waals surface area contributed by atoms with Crippen LogP contribution in [0.3, 0.4) is 0 Å². The van der Waals surface area contributed by atoms with E-state index in [9.17, 15) is 0 Å². The summed E-state index contributed by atoms with van der Waals surface area (Å²) in [6.07, 6.45) is 3.87. The molecule has 2 rings (SSSR count). The summed E-state index contributed by atoms with van der Waals surface area (Å²) in [5.74, 6) is 1.71. The molecular weight excluding hydrogens is 188 g/mol. The Morgan fingerprint density at radius 3 is 2.67 bits per heavy atom. The fourth-order valence-corrected chi connectivity index (χ4v) is 2.38. The van der Waals surface area contributed by atoms with Crippen molar-refractivity contribution in [3.8, 4) is 0 Å². The van der Waals surface area contributed by atoms with Gasteiger partial charge in [-0.25, -0.2) is 0 Å². The highest BCUT2D eigenvalue weighted by Crippen LogP contribution is 2.30. The monoisotopic (exact) mass is 208 g/mol. The highest BCUT2D eigenvalue weighted by atomic mass is 15.3. The molecule has 15 heavy (non-hydrogen) atoms. The molecule has 0 aromatic carbocycles. The van der Waals surface area contributed by atoms with Gasteiger partial charge in [-0.3, -0.25) is 4.68 Å². The van der Waals surface area contributed by atoms with Gasteiger partial charge in [0.15, 0.2) is 0 Å². The summed E-state index contributed by atoms with van der Waals surface area (Å²) in [5, 5.41) is 7.83. The van der Waals surface area contributed by atoms with Gasteiger partial charge in [0, 0.05) is 13.1 Å². The largest absolute Gasteiger partial charge is 0.394 e. The molecule has 2 unspecified atom stereocenters. The molecular formula is C11H20N4. The van der Waals surface area contributed by atoms with Gasteiger partial charge in [0.05, 0.1) is 11.4 Å². The summed E-state index contributed by atoms with van der Waals surface area (Å²) >= 11 is 0. The second-order valence-corrected chi connectivity index (χ2v) is 4.63. The Morgan fingerprint density at radius 2 is 2.20 bits per heavy atom. The average molecular weight is 208 g/mol. The number of nitrogens with two attached hydrogens (primary N) is 1. The molecule has 1 aromatic rings. The van der Waals surface area contributed by atoms with Gasteiger partial charge in [-0.05, 0) is 25.7 Å². The van der Waals surface area contributed by atoms with E-state index in [1.165, 1.54) is 19.3 Å². The zero-order chi connectivity index (χ0) is 11.0. The fourth-order valence-electron chi connectivity index (χ4n) is 2.38. The normalized spacial score (nSPS) is 25.8. The SMILES string of the molecule is Cc1nn(C)c(NC2CCCC2C)c1N. The molecule has 1 aliphatic carbocycles.